The van der Waals surface area contributed by atoms with Crippen molar-refractivity contribution in [2.24, 2.45) is 11.7 Å². The summed E-state index contributed by atoms with van der Waals surface area (Å²) in [6.07, 6.45) is 6.43. The standard InChI is InChI=1S/C14H21N3/c1-3-11(4-2)9-17-10-12(8-15)13-6-5-7-16-14(13)17/h5-7,10-11H,3-4,8-9,15H2,1-2H3. The molecule has 92 valence electrons. The Labute approximate surface area is 103 Å². The second-order valence-corrected chi connectivity index (χ2v) is 4.57. The van der Waals surface area contributed by atoms with E-state index in [0.717, 1.165) is 18.1 Å². The number of fused-ring (bicyclic) bond motifs is 1. The fraction of sp³-hybridized carbons (Fsp3) is 0.500. The molecule has 0 bridgehead atoms. The summed E-state index contributed by atoms with van der Waals surface area (Å²) in [5, 5.41) is 1.20. The lowest BCUT2D eigenvalue weighted by Crippen LogP contribution is -2.08. The molecular weight excluding hydrogens is 210 g/mol. The van der Waals surface area contributed by atoms with Crippen molar-refractivity contribution in [1.29, 1.82) is 0 Å². The minimum Gasteiger partial charge on any atom is -0.332 e. The number of aromatic nitrogens is 2. The second kappa shape index (κ2) is 5.32. The first-order chi connectivity index (χ1) is 8.30. The van der Waals surface area contributed by atoms with Crippen molar-refractivity contribution in [2.45, 2.75) is 39.8 Å². The van der Waals surface area contributed by atoms with E-state index in [2.05, 4.69) is 35.7 Å². The molecule has 17 heavy (non-hydrogen) atoms. The van der Waals surface area contributed by atoms with Gasteiger partial charge in [0.25, 0.3) is 0 Å². The molecule has 2 aromatic heterocycles. The van der Waals surface area contributed by atoms with Gasteiger partial charge in [-0.05, 0) is 23.6 Å². The molecule has 3 nitrogen and oxygen atoms in total. The predicted octanol–water partition coefficient (Wildman–Crippen LogP) is 2.93. The zero-order valence-electron chi connectivity index (χ0n) is 10.7. The minimum absolute atomic E-state index is 0.581. The van der Waals surface area contributed by atoms with Crippen LogP contribution in [0.3, 0.4) is 0 Å². The number of hydrogen-bond acceptors (Lipinski definition) is 2. The zero-order chi connectivity index (χ0) is 12.3. The van der Waals surface area contributed by atoms with Crippen LogP contribution in [0.25, 0.3) is 11.0 Å². The molecule has 0 aromatic carbocycles. The highest BCUT2D eigenvalue weighted by Crippen LogP contribution is 2.21. The van der Waals surface area contributed by atoms with Crippen LogP contribution in [0, 0.1) is 5.92 Å². The van der Waals surface area contributed by atoms with Gasteiger partial charge in [-0.2, -0.15) is 0 Å². The molecule has 0 spiro atoms. The number of hydrogen-bond donors (Lipinski definition) is 1. The molecule has 3 heteroatoms. The first-order valence-electron chi connectivity index (χ1n) is 6.42. The first kappa shape index (κ1) is 12.1. The highest BCUT2D eigenvalue weighted by atomic mass is 15.0. The lowest BCUT2D eigenvalue weighted by molar-refractivity contribution is 0.424. The van der Waals surface area contributed by atoms with E-state index in [9.17, 15) is 0 Å². The van der Waals surface area contributed by atoms with E-state index >= 15 is 0 Å². The molecule has 0 saturated carbocycles. The molecule has 0 atom stereocenters. The Morgan fingerprint density at radius 3 is 2.76 bits per heavy atom. The van der Waals surface area contributed by atoms with E-state index in [1.165, 1.54) is 23.8 Å². The third-order valence-electron chi connectivity index (χ3n) is 3.55. The van der Waals surface area contributed by atoms with Crippen LogP contribution >= 0.6 is 0 Å². The van der Waals surface area contributed by atoms with Crippen LogP contribution in [0.4, 0.5) is 0 Å². The largest absolute Gasteiger partial charge is 0.332 e. The molecule has 0 amide bonds. The maximum atomic E-state index is 5.78. The SMILES string of the molecule is CCC(CC)Cn1cc(CN)c2cccnc21. The summed E-state index contributed by atoms with van der Waals surface area (Å²) in [5.41, 5.74) is 8.05. The van der Waals surface area contributed by atoms with Gasteiger partial charge in [-0.25, -0.2) is 4.98 Å². The molecule has 0 saturated heterocycles. The van der Waals surface area contributed by atoms with Crippen molar-refractivity contribution in [3.8, 4) is 0 Å². The molecule has 2 aromatic rings. The molecule has 0 radical (unpaired) electrons. The lowest BCUT2D eigenvalue weighted by Gasteiger charge is -2.13. The second-order valence-electron chi connectivity index (χ2n) is 4.57. The molecule has 2 rings (SSSR count). The number of pyridine rings is 1. The van der Waals surface area contributed by atoms with E-state index in [-0.39, 0.29) is 0 Å². The van der Waals surface area contributed by atoms with Gasteiger partial charge in [0.1, 0.15) is 5.65 Å². The van der Waals surface area contributed by atoms with Crippen LogP contribution in [0.5, 0.6) is 0 Å². The van der Waals surface area contributed by atoms with Crippen molar-refractivity contribution < 1.29 is 0 Å². The van der Waals surface area contributed by atoms with Gasteiger partial charge >= 0.3 is 0 Å². The van der Waals surface area contributed by atoms with Crippen molar-refractivity contribution in [3.05, 3.63) is 30.1 Å². The Balaban J connectivity index is 2.40. The smallest absolute Gasteiger partial charge is 0.140 e. The quantitative estimate of drug-likeness (QED) is 0.859. The molecule has 0 fully saturated rings. The van der Waals surface area contributed by atoms with Crippen LogP contribution < -0.4 is 5.73 Å². The Hall–Kier alpha value is -1.35. The van der Waals surface area contributed by atoms with Crippen LogP contribution in [-0.2, 0) is 13.1 Å². The van der Waals surface area contributed by atoms with Gasteiger partial charge in [-0.15, -0.1) is 0 Å². The third-order valence-corrected chi connectivity index (χ3v) is 3.55. The van der Waals surface area contributed by atoms with Gasteiger partial charge in [0.15, 0.2) is 0 Å². The van der Waals surface area contributed by atoms with Crippen LogP contribution in [0.1, 0.15) is 32.3 Å². The third kappa shape index (κ3) is 2.34. The fourth-order valence-corrected chi connectivity index (χ4v) is 2.32. The average molecular weight is 231 g/mol. The topological polar surface area (TPSA) is 43.8 Å². The molecule has 0 aliphatic heterocycles. The Morgan fingerprint density at radius 1 is 1.35 bits per heavy atom. The summed E-state index contributed by atoms with van der Waals surface area (Å²) in [5.74, 6) is 0.721. The first-order valence-corrected chi connectivity index (χ1v) is 6.42. The Kier molecular flexibility index (Phi) is 3.79. The van der Waals surface area contributed by atoms with E-state index in [1.54, 1.807) is 0 Å². The molecule has 0 unspecified atom stereocenters. The maximum absolute atomic E-state index is 5.78. The Bertz CT molecular complexity index is 483. The average Bonchev–Trinajstić information content (AvgIpc) is 2.74. The van der Waals surface area contributed by atoms with Gasteiger partial charge in [0, 0.05) is 30.9 Å². The van der Waals surface area contributed by atoms with Crippen molar-refractivity contribution in [2.75, 3.05) is 0 Å². The van der Waals surface area contributed by atoms with E-state index < -0.39 is 0 Å². The van der Waals surface area contributed by atoms with Gasteiger partial charge < -0.3 is 10.3 Å². The van der Waals surface area contributed by atoms with E-state index in [4.69, 9.17) is 5.73 Å². The number of nitrogens with two attached hydrogens (primary N) is 1. The van der Waals surface area contributed by atoms with Gasteiger partial charge in [0.05, 0.1) is 0 Å². The monoisotopic (exact) mass is 231 g/mol. The Morgan fingerprint density at radius 2 is 2.12 bits per heavy atom. The minimum atomic E-state index is 0.581. The summed E-state index contributed by atoms with van der Waals surface area (Å²) in [6.45, 7) is 6.12. The molecule has 2 N–H and O–H groups in total. The summed E-state index contributed by atoms with van der Waals surface area (Å²) in [4.78, 5) is 4.48. The summed E-state index contributed by atoms with van der Waals surface area (Å²) >= 11 is 0. The van der Waals surface area contributed by atoms with Crippen molar-refractivity contribution >= 4 is 11.0 Å². The van der Waals surface area contributed by atoms with Crippen molar-refractivity contribution in [1.82, 2.24) is 9.55 Å². The fourth-order valence-electron chi connectivity index (χ4n) is 2.32. The van der Waals surface area contributed by atoms with E-state index in [0.29, 0.717) is 6.54 Å². The maximum Gasteiger partial charge on any atom is 0.140 e. The molecule has 2 heterocycles. The lowest BCUT2D eigenvalue weighted by atomic mass is 10.0. The van der Waals surface area contributed by atoms with Crippen LogP contribution in [-0.4, -0.2) is 9.55 Å². The van der Waals surface area contributed by atoms with Gasteiger partial charge in [-0.1, -0.05) is 26.7 Å². The summed E-state index contributed by atoms with van der Waals surface area (Å²) < 4.78 is 2.26. The van der Waals surface area contributed by atoms with Crippen LogP contribution in [0.15, 0.2) is 24.5 Å². The van der Waals surface area contributed by atoms with Gasteiger partial charge in [0.2, 0.25) is 0 Å². The summed E-state index contributed by atoms with van der Waals surface area (Å²) in [7, 11) is 0. The van der Waals surface area contributed by atoms with Gasteiger partial charge in [-0.3, -0.25) is 0 Å². The summed E-state index contributed by atoms with van der Waals surface area (Å²) in [6, 6.07) is 4.08. The number of rotatable bonds is 5. The highest BCUT2D eigenvalue weighted by molar-refractivity contribution is 5.80. The van der Waals surface area contributed by atoms with E-state index in [1.807, 2.05) is 12.3 Å². The predicted molar refractivity (Wildman–Crippen MR) is 71.7 cm³/mol. The molecule has 0 aliphatic rings. The van der Waals surface area contributed by atoms with Crippen LogP contribution in [0.2, 0.25) is 0 Å². The molecule has 0 aliphatic carbocycles. The normalized spacial score (nSPS) is 11.5. The van der Waals surface area contributed by atoms with Crippen molar-refractivity contribution in [3.63, 3.8) is 0 Å². The molecular formula is C14H21N3. The highest BCUT2D eigenvalue weighted by Gasteiger charge is 2.11. The number of nitrogens with zero attached hydrogens (tertiary/aromatic N) is 2. The zero-order valence-corrected chi connectivity index (χ0v) is 10.7.